The predicted octanol–water partition coefficient (Wildman–Crippen LogP) is 4.87. The van der Waals surface area contributed by atoms with E-state index in [9.17, 15) is 38.0 Å². The van der Waals surface area contributed by atoms with Crippen molar-refractivity contribution in [1.82, 2.24) is 20.1 Å². The highest BCUT2D eigenvalue weighted by Gasteiger charge is 2.54. The van der Waals surface area contributed by atoms with E-state index in [1.54, 1.807) is 48.1 Å². The summed E-state index contributed by atoms with van der Waals surface area (Å²) in [6, 6.07) is 6.38. The first kappa shape index (κ1) is 65.2. The Bertz CT molecular complexity index is 2160. The molecule has 0 spiro atoms. The summed E-state index contributed by atoms with van der Waals surface area (Å²) < 4.78 is 77.3. The molecule has 18 nitrogen and oxygen atoms in total. The van der Waals surface area contributed by atoms with E-state index in [1.807, 2.05) is 70.8 Å². The number of hydrazine groups is 1. The lowest BCUT2D eigenvalue weighted by Gasteiger charge is -2.50. The van der Waals surface area contributed by atoms with E-state index in [4.69, 9.17) is 34.3 Å². The van der Waals surface area contributed by atoms with Gasteiger partial charge in [-0.25, -0.2) is 18.7 Å². The maximum absolute atomic E-state index is 14.8. The molecule has 3 unspecified atom stereocenters. The summed E-state index contributed by atoms with van der Waals surface area (Å²) in [6.45, 7) is 18.8. The van der Waals surface area contributed by atoms with Crippen LogP contribution in [0.25, 0.3) is 0 Å². The van der Waals surface area contributed by atoms with Gasteiger partial charge in [0, 0.05) is 77.1 Å². The zero-order valence-electron chi connectivity index (χ0n) is 49.1. The number of nitrogens with zero attached hydrogens (tertiary/aromatic N) is 3. The fourth-order valence-corrected chi connectivity index (χ4v) is 15.0. The molecule has 20 heteroatoms. The second-order valence-corrected chi connectivity index (χ2v) is 26.6. The van der Waals surface area contributed by atoms with Gasteiger partial charge in [0.1, 0.15) is 36.7 Å². The number of aliphatic hydroxyl groups excluding tert-OH is 2. The molecule has 4 heterocycles. The largest absolute Gasteiger partial charge is 0.459 e. The Balaban J connectivity index is 1.36. The number of rotatable bonds is 18. The van der Waals surface area contributed by atoms with Crippen LogP contribution in [0.1, 0.15) is 137 Å². The van der Waals surface area contributed by atoms with E-state index < -0.39 is 112 Å². The second kappa shape index (κ2) is 27.5. The second-order valence-electron chi connectivity index (χ2n) is 24.4. The molecule has 0 aliphatic carbocycles. The third-order valence-electron chi connectivity index (χ3n) is 18.0. The standard InChI is InChI=1S/C57H100FN5O13S/c1-16-48-57(10,68)51(64)38(6)62(12)31-34(2)27-55(8,67)53(36(4)49(37(5)54(66)76-48)47-28-56(9,72-15)52(65)39(7)75-47)73-32-45-26-44(25-35(3)74-45)61(11)23-21-43(63(13)59)30-60-46(29-58)50(71-14)41-19-17-40(18-20-41)42-22-24-77(69,70)33-42/h17-20,30,34-39,42,44-53,60,64-65,67-68H,16,21-29,31-33,59H2,1-15H3/b43-30-/t34-,35-,36+,37-,38-,39+,42?,44+,45?,46-,47?,48-,49+,50-,51-,52+,53-,55-,56-,57-/m1/s1. The van der Waals surface area contributed by atoms with Crippen molar-refractivity contribution in [2.75, 3.05) is 73.2 Å². The third-order valence-corrected chi connectivity index (χ3v) is 19.8. The highest BCUT2D eigenvalue weighted by atomic mass is 32.2. The van der Waals surface area contributed by atoms with Crippen LogP contribution in [-0.2, 0) is 43.1 Å². The van der Waals surface area contributed by atoms with E-state index in [2.05, 4.69) is 17.3 Å². The van der Waals surface area contributed by atoms with Crippen LogP contribution in [-0.4, -0.2) is 207 Å². The molecule has 5 rings (SSSR count). The molecular formula is C57H100FN5O13S. The lowest BCUT2D eigenvalue weighted by Crippen LogP contribution is -2.60. The lowest BCUT2D eigenvalue weighted by molar-refractivity contribution is -0.242. The fraction of sp³-hybridized carbons (Fsp3) is 0.842. The Morgan fingerprint density at radius 1 is 1.01 bits per heavy atom. The molecule has 4 fully saturated rings. The van der Waals surface area contributed by atoms with Gasteiger partial charge in [-0.2, -0.15) is 0 Å². The van der Waals surface area contributed by atoms with E-state index in [0.29, 0.717) is 38.8 Å². The number of halogens is 1. The Labute approximate surface area is 460 Å². The summed E-state index contributed by atoms with van der Waals surface area (Å²) in [5.74, 6) is 3.85. The average Bonchev–Trinajstić information content (AvgIpc) is 3.74. The number of cyclic esters (lactones) is 1. The number of esters is 1. The molecule has 4 aliphatic heterocycles. The molecule has 4 saturated heterocycles. The Morgan fingerprint density at radius 2 is 1.68 bits per heavy atom. The summed E-state index contributed by atoms with van der Waals surface area (Å²) in [5.41, 5.74) is -1.84. The first-order valence-electron chi connectivity index (χ1n) is 28.2. The zero-order chi connectivity index (χ0) is 57.5. The van der Waals surface area contributed by atoms with Crippen LogP contribution < -0.4 is 11.2 Å². The summed E-state index contributed by atoms with van der Waals surface area (Å²) in [6.07, 6.45) is -1.62. The number of carbonyl (C=O) groups excluding carboxylic acids is 1. The van der Waals surface area contributed by atoms with Gasteiger partial charge in [0.05, 0.1) is 71.8 Å². The minimum absolute atomic E-state index is 0.0517. The van der Waals surface area contributed by atoms with Gasteiger partial charge in [-0.15, -0.1) is 0 Å². The summed E-state index contributed by atoms with van der Waals surface area (Å²) in [5, 5.41) is 52.6. The van der Waals surface area contributed by atoms with Crippen molar-refractivity contribution in [3.8, 4) is 0 Å². The van der Waals surface area contributed by atoms with E-state index in [-0.39, 0.29) is 61.0 Å². The smallest absolute Gasteiger partial charge is 0.309 e. The molecule has 1 aromatic carbocycles. The summed E-state index contributed by atoms with van der Waals surface area (Å²) in [4.78, 5) is 18.9. The molecule has 0 radical (unpaired) electrons. The number of benzene rings is 1. The van der Waals surface area contributed by atoms with Crippen molar-refractivity contribution in [3.05, 3.63) is 47.3 Å². The number of likely N-dealkylation sites (N-methyl/N-ethyl adjacent to an activating group) is 1. The van der Waals surface area contributed by atoms with Crippen LogP contribution in [0.15, 0.2) is 36.2 Å². The number of ether oxygens (including phenoxy) is 6. The first-order chi connectivity index (χ1) is 35.9. The number of carbonyl (C=O) groups is 1. The van der Waals surface area contributed by atoms with Crippen molar-refractivity contribution < 1.29 is 66.5 Å². The van der Waals surface area contributed by atoms with Crippen LogP contribution in [0.2, 0.25) is 0 Å². The van der Waals surface area contributed by atoms with Crippen LogP contribution >= 0.6 is 0 Å². The molecular weight excluding hydrogens is 1010 g/mol. The predicted molar refractivity (Wildman–Crippen MR) is 295 cm³/mol. The quantitative estimate of drug-likeness (QED) is 0.0654. The van der Waals surface area contributed by atoms with Gasteiger partial charge in [-0.05, 0) is 117 Å². The number of alkyl halides is 1. The Morgan fingerprint density at radius 3 is 2.25 bits per heavy atom. The fourth-order valence-electron chi connectivity index (χ4n) is 13.2. The van der Waals surface area contributed by atoms with Gasteiger partial charge in [0.2, 0.25) is 0 Å². The molecule has 0 saturated carbocycles. The molecule has 0 amide bonds. The summed E-state index contributed by atoms with van der Waals surface area (Å²) in [7, 11) is 5.72. The van der Waals surface area contributed by atoms with Crippen LogP contribution in [0.5, 0.6) is 0 Å². The van der Waals surface area contributed by atoms with Crippen molar-refractivity contribution in [1.29, 1.82) is 0 Å². The van der Waals surface area contributed by atoms with Gasteiger partial charge in [-0.3, -0.25) is 4.79 Å². The number of methoxy groups -OCH3 is 2. The zero-order valence-corrected chi connectivity index (χ0v) is 49.9. The normalized spacial score (nSPS) is 40.1. The average molecular weight is 1110 g/mol. The maximum atomic E-state index is 14.8. The van der Waals surface area contributed by atoms with Crippen LogP contribution in [0.3, 0.4) is 0 Å². The molecule has 20 atom stereocenters. The van der Waals surface area contributed by atoms with Crippen LogP contribution in [0, 0.1) is 23.7 Å². The van der Waals surface area contributed by atoms with Gasteiger partial charge >= 0.3 is 5.97 Å². The number of nitrogens with two attached hydrogens (primary N) is 1. The van der Waals surface area contributed by atoms with Crippen molar-refractivity contribution in [2.24, 2.45) is 29.5 Å². The number of aliphatic hydroxyl groups is 4. The number of sulfone groups is 1. The highest BCUT2D eigenvalue weighted by molar-refractivity contribution is 7.91. The molecule has 77 heavy (non-hydrogen) atoms. The van der Waals surface area contributed by atoms with Gasteiger partial charge in [0.25, 0.3) is 0 Å². The highest BCUT2D eigenvalue weighted by Crippen LogP contribution is 2.44. The number of hydrogen-bond donors (Lipinski definition) is 6. The minimum Gasteiger partial charge on any atom is -0.459 e. The van der Waals surface area contributed by atoms with E-state index in [1.165, 1.54) is 19.0 Å². The van der Waals surface area contributed by atoms with Crippen molar-refractivity contribution in [3.63, 3.8) is 0 Å². The van der Waals surface area contributed by atoms with E-state index in [0.717, 1.165) is 23.2 Å². The maximum Gasteiger partial charge on any atom is 0.309 e. The molecule has 444 valence electrons. The molecule has 0 bridgehead atoms. The molecule has 4 aliphatic rings. The van der Waals surface area contributed by atoms with E-state index >= 15 is 0 Å². The van der Waals surface area contributed by atoms with Gasteiger partial charge in [0.15, 0.2) is 9.84 Å². The van der Waals surface area contributed by atoms with Crippen LogP contribution in [0.4, 0.5) is 4.39 Å². The molecule has 7 N–H and O–H groups in total. The number of nitrogens with one attached hydrogen (secondary N) is 1. The Hall–Kier alpha value is -2.57. The molecule has 0 aromatic heterocycles. The summed E-state index contributed by atoms with van der Waals surface area (Å²) >= 11 is 0. The Kier molecular flexibility index (Phi) is 23.3. The SMILES string of the molecule is CC[C@H]1OC(=O)[C@H](C)[C@@H](C2C[C@@](C)(OC)[C@@H](O)[C@H](C)O2)[C@H](C)[C@@H](OCC2C[C@@H](N(C)CC/C(=C/N[C@H](CF)[C@H](OC)c3ccc(C4CCS(=O)(=O)C4)cc3)N(C)N)C[C@@H](C)O2)[C@](C)(O)C[C@@H](C)CN(C)[C@H](C)[C@@H](O)[C@]1(C)O. The van der Waals surface area contributed by atoms with Gasteiger partial charge < -0.3 is 69.0 Å². The third kappa shape index (κ3) is 16.1. The lowest BCUT2D eigenvalue weighted by atomic mass is 9.68. The number of hydrogen-bond acceptors (Lipinski definition) is 18. The minimum atomic E-state index is -3.04. The topological polar surface area (TPSA) is 235 Å². The van der Waals surface area contributed by atoms with Gasteiger partial charge in [-0.1, -0.05) is 52.0 Å². The van der Waals surface area contributed by atoms with Crippen molar-refractivity contribution in [2.45, 2.75) is 210 Å². The van der Waals surface area contributed by atoms with Crippen molar-refractivity contribution >= 4 is 15.8 Å². The monoisotopic (exact) mass is 1110 g/mol. The molecule has 1 aromatic rings. The first-order valence-corrected chi connectivity index (χ1v) is 30.0.